The second kappa shape index (κ2) is 26.0. The van der Waals surface area contributed by atoms with Gasteiger partial charge in [-0.15, -0.1) is 0 Å². The molecule has 4 rings (SSSR count). The Morgan fingerprint density at radius 2 is 1.57 bits per heavy atom. The molecule has 23 heteroatoms. The zero-order valence-corrected chi connectivity index (χ0v) is 34.4. The summed E-state index contributed by atoms with van der Waals surface area (Å²) in [4.78, 5) is 61.1. The Labute approximate surface area is 375 Å². The van der Waals surface area contributed by atoms with Crippen molar-refractivity contribution in [1.29, 1.82) is 0 Å². The van der Waals surface area contributed by atoms with Crippen LogP contribution in [0.15, 0.2) is 53.8 Å². The molecule has 0 radical (unpaired) electrons. The van der Waals surface area contributed by atoms with Crippen LogP contribution >= 0.6 is 11.6 Å². The smallest absolute Gasteiger partial charge is 1.00 e. The molecule has 0 aliphatic heterocycles. The van der Waals surface area contributed by atoms with Gasteiger partial charge in [-0.2, -0.15) is 17.6 Å². The van der Waals surface area contributed by atoms with Crippen molar-refractivity contribution in [3.63, 3.8) is 0 Å². The van der Waals surface area contributed by atoms with Crippen LogP contribution < -0.4 is 153 Å². The molecular weight excluding hydrogens is 733 g/mol. The van der Waals surface area contributed by atoms with Crippen LogP contribution in [0.1, 0.15) is 36.3 Å². The van der Waals surface area contributed by atoms with Gasteiger partial charge in [0.2, 0.25) is 0 Å². The maximum atomic E-state index is 12.0. The SMILES string of the molecule is CCOC(=O)c1c[nH]c2cc(=O)ccn12.CCOC(=O)c1cnc2cc(OC(F)F)ccn12.O=C([O-])C(F)(F)Cl.O=CO[O-].[H-].[K+].[K+].[Na+]. The fourth-order valence-electron chi connectivity index (χ4n) is 2.87. The number of rotatable bonds is 8. The Kier molecular flexibility index (Phi) is 27.9. The van der Waals surface area contributed by atoms with Gasteiger partial charge in [-0.25, -0.2) is 14.6 Å². The molecule has 4 aromatic heterocycles. The first kappa shape index (κ1) is 50.5. The molecule has 1 N–H and O–H groups in total. The van der Waals surface area contributed by atoms with Crippen molar-refractivity contribution in [2.24, 2.45) is 0 Å². The number of fused-ring (bicyclic) bond motifs is 2. The summed E-state index contributed by atoms with van der Waals surface area (Å²) in [5, 5.41) is 13.2. The molecule has 242 valence electrons. The van der Waals surface area contributed by atoms with Gasteiger partial charge in [0.1, 0.15) is 28.7 Å². The quantitative estimate of drug-likeness (QED) is 0.0339. The number of carbonyl (C=O) groups excluding carboxylic acids is 4. The summed E-state index contributed by atoms with van der Waals surface area (Å²) < 4.78 is 62.9. The third-order valence-electron chi connectivity index (χ3n) is 4.49. The van der Waals surface area contributed by atoms with Crippen molar-refractivity contribution in [3.05, 3.63) is 70.7 Å². The molecule has 0 bridgehead atoms. The summed E-state index contributed by atoms with van der Waals surface area (Å²) in [7, 11) is 0. The van der Waals surface area contributed by atoms with E-state index in [1.54, 1.807) is 24.4 Å². The number of nitrogens with one attached hydrogen (secondary N) is 1. The van der Waals surface area contributed by atoms with Crippen molar-refractivity contribution >= 4 is 47.3 Å². The van der Waals surface area contributed by atoms with Crippen LogP contribution in [0.2, 0.25) is 0 Å². The minimum Gasteiger partial charge on any atom is -1.00 e. The van der Waals surface area contributed by atoms with Crippen molar-refractivity contribution in [3.8, 4) is 5.75 Å². The number of imidazole rings is 2. The molecule has 0 atom stereocenters. The number of ether oxygens (including phenoxy) is 3. The molecule has 0 aromatic carbocycles. The third kappa shape index (κ3) is 18.1. The molecule has 0 fully saturated rings. The van der Waals surface area contributed by atoms with Gasteiger partial charge >= 0.3 is 156 Å². The van der Waals surface area contributed by atoms with Crippen molar-refractivity contribution in [1.82, 2.24) is 18.8 Å². The number of carbonyl (C=O) groups is 4. The molecule has 0 unspecified atom stereocenters. The summed E-state index contributed by atoms with van der Waals surface area (Å²) >= 11 is 3.87. The number of carboxylic acids is 1. The zero-order chi connectivity index (χ0) is 33.4. The number of aromatic amines is 1. The molecule has 0 amide bonds. The summed E-state index contributed by atoms with van der Waals surface area (Å²) in [6.45, 7) is 0.930. The number of pyridine rings is 2. The van der Waals surface area contributed by atoms with Gasteiger partial charge in [0.15, 0.2) is 11.1 Å². The van der Waals surface area contributed by atoms with Gasteiger partial charge in [-0.05, 0) is 31.5 Å². The van der Waals surface area contributed by atoms with Crippen LogP contribution in [0.25, 0.3) is 11.3 Å². The van der Waals surface area contributed by atoms with Crippen molar-refractivity contribution in [2.45, 2.75) is 25.8 Å². The number of hydrogen-bond acceptors (Lipinski definition) is 12. The number of aromatic nitrogens is 4. The Morgan fingerprint density at radius 1 is 1.06 bits per heavy atom. The van der Waals surface area contributed by atoms with Gasteiger partial charge in [0.25, 0.3) is 6.47 Å². The fourth-order valence-corrected chi connectivity index (χ4v) is 2.87. The molecule has 0 saturated carbocycles. The van der Waals surface area contributed by atoms with Crippen molar-refractivity contribution in [2.75, 3.05) is 13.2 Å². The van der Waals surface area contributed by atoms with Crippen molar-refractivity contribution < 1.29 is 200 Å². The van der Waals surface area contributed by atoms with E-state index in [1.165, 1.54) is 47.3 Å². The number of hydrogen-bond donors (Lipinski definition) is 1. The van der Waals surface area contributed by atoms with E-state index in [0.29, 0.717) is 23.6 Å². The number of alkyl halides is 5. The molecular formula is C24H22ClF4K2N4NaO11. The van der Waals surface area contributed by atoms with E-state index < -0.39 is 29.9 Å². The molecule has 0 saturated heterocycles. The van der Waals surface area contributed by atoms with Crippen LogP contribution in [0.4, 0.5) is 17.6 Å². The Balaban J connectivity index is -0.000000293. The molecule has 4 heterocycles. The minimum absolute atomic E-state index is 0. The van der Waals surface area contributed by atoms with E-state index in [0.717, 1.165) is 0 Å². The first-order chi connectivity index (χ1) is 20.7. The predicted molar refractivity (Wildman–Crippen MR) is 136 cm³/mol. The first-order valence-electron chi connectivity index (χ1n) is 11.7. The van der Waals surface area contributed by atoms with E-state index in [2.05, 4.69) is 31.2 Å². The van der Waals surface area contributed by atoms with Crippen LogP contribution in [0.3, 0.4) is 0 Å². The van der Waals surface area contributed by atoms with E-state index in [4.69, 9.17) is 29.4 Å². The average Bonchev–Trinajstić information content (AvgIpc) is 3.57. The zero-order valence-electron chi connectivity index (χ0n) is 26.4. The summed E-state index contributed by atoms with van der Waals surface area (Å²) in [6.07, 6.45) is 5.80. The Hall–Kier alpha value is -0.897. The van der Waals surface area contributed by atoms with Crippen LogP contribution in [-0.4, -0.2) is 68.4 Å². The van der Waals surface area contributed by atoms with E-state index in [-0.39, 0.29) is 164 Å². The topological polar surface area (TPSA) is 206 Å². The van der Waals surface area contributed by atoms with Crippen LogP contribution in [0.5, 0.6) is 5.75 Å². The summed E-state index contributed by atoms with van der Waals surface area (Å²) in [5.41, 5.74) is 1.41. The van der Waals surface area contributed by atoms with Crippen LogP contribution in [-0.2, 0) is 24.0 Å². The Morgan fingerprint density at radius 3 is 2.04 bits per heavy atom. The van der Waals surface area contributed by atoms with Gasteiger partial charge in [0, 0.05) is 36.8 Å². The second-order valence-corrected chi connectivity index (χ2v) is 7.80. The number of aliphatic carboxylic acids is 1. The minimum atomic E-state index is -4.22. The standard InChI is InChI=1S/C11H10F2N2O3.C10H10N2O3.C2HClF2O2.CH2O3.2K.Na.H/c1-2-17-10(16)8-6-14-9-5-7(18-11(12)13)3-4-15(8)9;1-2-15-10(14)8-6-11-9-5-7(13)3-4-12(8)9;3-2(4,5)1(6)7;2-1-4-3;;;;/h3-6,11H,2H2,1H3;3-6,11H,2H2,1H3;(H,6,7);1,3H;;;;/q;;;;3*+1;-1/p-2. The number of nitrogens with zero attached hydrogens (tertiary/aromatic N) is 3. The largest absolute Gasteiger partial charge is 1.00 e. The number of H-pyrrole nitrogens is 1. The van der Waals surface area contributed by atoms with Crippen LogP contribution in [0, 0.1) is 0 Å². The molecule has 4 aromatic rings. The molecule has 0 aliphatic carbocycles. The molecule has 15 nitrogen and oxygen atoms in total. The van der Waals surface area contributed by atoms with Gasteiger partial charge < -0.3 is 40.7 Å². The second-order valence-electron chi connectivity index (χ2n) is 7.32. The maximum absolute atomic E-state index is 12.0. The van der Waals surface area contributed by atoms with Gasteiger partial charge in [-0.3, -0.25) is 18.4 Å². The Bertz CT molecular complexity index is 1630. The first-order valence-corrected chi connectivity index (χ1v) is 12.0. The third-order valence-corrected chi connectivity index (χ3v) is 4.65. The van der Waals surface area contributed by atoms with Gasteiger partial charge in [0.05, 0.1) is 19.4 Å². The van der Waals surface area contributed by atoms with Gasteiger partial charge in [-0.1, -0.05) is 0 Å². The average molecular weight is 755 g/mol. The van der Waals surface area contributed by atoms with E-state index >= 15 is 0 Å². The molecule has 0 aliphatic rings. The number of esters is 2. The fraction of sp³-hybridized carbons (Fsp3) is 0.250. The normalized spacial score (nSPS) is 9.64. The van der Waals surface area contributed by atoms with E-state index in [1.807, 2.05) is 0 Å². The monoisotopic (exact) mass is 754 g/mol. The van der Waals surface area contributed by atoms with E-state index in [9.17, 15) is 31.9 Å². The summed E-state index contributed by atoms with van der Waals surface area (Å²) in [6, 6.07) is 5.45. The maximum Gasteiger partial charge on any atom is 1.00 e. The number of halogens is 5. The summed E-state index contributed by atoms with van der Waals surface area (Å²) in [5.74, 6) is -3.52. The predicted octanol–water partition coefficient (Wildman–Crippen LogP) is -7.96. The molecule has 47 heavy (non-hydrogen) atoms. The number of carboxylic acid groups (broad SMARTS) is 1. The molecule has 0 spiro atoms.